The summed E-state index contributed by atoms with van der Waals surface area (Å²) in [6, 6.07) is 10.1. The predicted octanol–water partition coefficient (Wildman–Crippen LogP) is 1.51. The highest BCUT2D eigenvalue weighted by Gasteiger charge is 2.20. The summed E-state index contributed by atoms with van der Waals surface area (Å²) >= 11 is 0. The van der Waals surface area contributed by atoms with E-state index in [9.17, 15) is 9.59 Å². The van der Waals surface area contributed by atoms with Gasteiger partial charge in [-0.3, -0.25) is 14.3 Å². The van der Waals surface area contributed by atoms with Gasteiger partial charge in [0.1, 0.15) is 0 Å². The Balaban J connectivity index is 2.16. The fourth-order valence-electron chi connectivity index (χ4n) is 3.07. The van der Waals surface area contributed by atoms with Crippen molar-refractivity contribution in [2.24, 2.45) is 7.05 Å². The van der Waals surface area contributed by atoms with E-state index in [1.807, 2.05) is 36.6 Å². The second-order valence-corrected chi connectivity index (χ2v) is 5.96. The number of aryl methyl sites for hydroxylation is 3. The van der Waals surface area contributed by atoms with Gasteiger partial charge in [-0.2, -0.15) is 4.98 Å². The fraction of sp³-hybridized carbons (Fsp3) is 0.389. The van der Waals surface area contributed by atoms with Crippen molar-refractivity contribution in [3.8, 4) is 0 Å². The van der Waals surface area contributed by atoms with Crippen molar-refractivity contribution in [1.82, 2.24) is 19.1 Å². The first-order valence-electron chi connectivity index (χ1n) is 8.55. The summed E-state index contributed by atoms with van der Waals surface area (Å²) in [7, 11) is 1.63. The number of nitrogens with one attached hydrogen (secondary N) is 1. The van der Waals surface area contributed by atoms with Gasteiger partial charge in [0.05, 0.1) is 0 Å². The summed E-state index contributed by atoms with van der Waals surface area (Å²) in [6.45, 7) is 6.27. The number of benzene rings is 1. The van der Waals surface area contributed by atoms with Crippen LogP contribution in [0.3, 0.4) is 0 Å². The van der Waals surface area contributed by atoms with E-state index in [0.717, 1.165) is 25.5 Å². The second-order valence-electron chi connectivity index (χ2n) is 5.96. The summed E-state index contributed by atoms with van der Waals surface area (Å²) in [6.07, 6.45) is 0.781. The van der Waals surface area contributed by atoms with Crippen LogP contribution in [0.15, 0.2) is 39.9 Å². The zero-order valence-electron chi connectivity index (χ0n) is 14.8. The van der Waals surface area contributed by atoms with Gasteiger partial charge in [-0.25, -0.2) is 4.79 Å². The first-order valence-corrected chi connectivity index (χ1v) is 8.55. The highest BCUT2D eigenvalue weighted by Crippen LogP contribution is 2.20. The van der Waals surface area contributed by atoms with E-state index in [2.05, 4.69) is 27.0 Å². The lowest BCUT2D eigenvalue weighted by atomic mass is 10.1. The predicted molar refractivity (Wildman–Crippen MR) is 99.3 cm³/mol. The third kappa shape index (κ3) is 3.09. The Morgan fingerprint density at radius 1 is 1.12 bits per heavy atom. The molecule has 0 unspecified atom stereocenters. The lowest BCUT2D eigenvalue weighted by Gasteiger charge is -2.21. The Hall–Kier alpha value is -2.83. The summed E-state index contributed by atoms with van der Waals surface area (Å²) in [5, 5.41) is 0. The topological polar surface area (TPSA) is 75.9 Å². The molecule has 1 N–H and O–H groups in total. The van der Waals surface area contributed by atoms with Crippen LogP contribution in [-0.4, -0.2) is 32.2 Å². The van der Waals surface area contributed by atoms with E-state index in [4.69, 9.17) is 0 Å². The molecule has 7 heteroatoms. The van der Waals surface area contributed by atoms with Crippen molar-refractivity contribution in [2.45, 2.75) is 26.8 Å². The van der Waals surface area contributed by atoms with Crippen molar-refractivity contribution >= 4 is 17.1 Å². The molecule has 0 fully saturated rings. The minimum Gasteiger partial charge on any atom is -0.343 e. The van der Waals surface area contributed by atoms with Crippen LogP contribution in [0.4, 0.5) is 5.95 Å². The third-order valence-electron chi connectivity index (χ3n) is 4.50. The molecular weight excluding hydrogens is 318 g/mol. The molecule has 0 aliphatic rings. The van der Waals surface area contributed by atoms with Crippen molar-refractivity contribution in [3.05, 3.63) is 56.7 Å². The number of imidazole rings is 1. The lowest BCUT2D eigenvalue weighted by molar-refractivity contribution is 0.682. The summed E-state index contributed by atoms with van der Waals surface area (Å²) < 4.78 is 3.32. The van der Waals surface area contributed by atoms with Crippen LogP contribution in [0.25, 0.3) is 11.2 Å². The number of hydrogen-bond acceptors (Lipinski definition) is 4. The van der Waals surface area contributed by atoms with Gasteiger partial charge < -0.3 is 9.47 Å². The van der Waals surface area contributed by atoms with Crippen LogP contribution in [0.2, 0.25) is 0 Å². The van der Waals surface area contributed by atoms with Crippen LogP contribution in [0.5, 0.6) is 0 Å². The molecule has 1 aromatic carbocycles. The molecular formula is C18H23N5O2. The van der Waals surface area contributed by atoms with E-state index in [-0.39, 0.29) is 0 Å². The van der Waals surface area contributed by atoms with Gasteiger partial charge in [-0.1, -0.05) is 30.3 Å². The standard InChI is InChI=1S/C18H23N5O2/c1-4-22(5-2)17-19-15-14(16(24)20-18(25)21(15)3)23(17)12-11-13-9-7-6-8-10-13/h6-10H,4-5,11-12H2,1-3H3,(H,20,24,25). The van der Waals surface area contributed by atoms with Crippen molar-refractivity contribution in [3.63, 3.8) is 0 Å². The molecule has 132 valence electrons. The van der Waals surface area contributed by atoms with E-state index in [1.54, 1.807) is 7.05 Å². The Bertz CT molecular complexity index is 980. The van der Waals surface area contributed by atoms with Gasteiger partial charge in [0.25, 0.3) is 5.56 Å². The maximum absolute atomic E-state index is 12.4. The van der Waals surface area contributed by atoms with Crippen LogP contribution in [0.1, 0.15) is 19.4 Å². The smallest absolute Gasteiger partial charge is 0.329 e. The number of aromatic nitrogens is 4. The molecule has 0 saturated carbocycles. The third-order valence-corrected chi connectivity index (χ3v) is 4.50. The maximum Gasteiger partial charge on any atom is 0.329 e. The molecule has 0 bridgehead atoms. The Morgan fingerprint density at radius 3 is 2.44 bits per heavy atom. The van der Waals surface area contributed by atoms with Crippen molar-refractivity contribution in [1.29, 1.82) is 0 Å². The SMILES string of the molecule is CCN(CC)c1nc2c(c(=O)[nH]c(=O)n2C)n1CCc1ccccc1. The number of nitrogens with zero attached hydrogens (tertiary/aromatic N) is 4. The van der Waals surface area contributed by atoms with Crippen LogP contribution < -0.4 is 16.1 Å². The van der Waals surface area contributed by atoms with Gasteiger partial charge in [0.15, 0.2) is 11.2 Å². The molecule has 2 aromatic heterocycles. The zero-order valence-corrected chi connectivity index (χ0v) is 14.8. The number of anilines is 1. The summed E-state index contributed by atoms with van der Waals surface area (Å²) in [4.78, 5) is 33.4. The van der Waals surface area contributed by atoms with Gasteiger partial charge in [0, 0.05) is 26.7 Å². The second kappa shape index (κ2) is 6.96. The van der Waals surface area contributed by atoms with E-state index in [0.29, 0.717) is 17.7 Å². The Morgan fingerprint density at radius 2 is 1.80 bits per heavy atom. The van der Waals surface area contributed by atoms with E-state index >= 15 is 0 Å². The van der Waals surface area contributed by atoms with E-state index < -0.39 is 11.2 Å². The number of hydrogen-bond donors (Lipinski definition) is 1. The molecule has 0 spiro atoms. The molecule has 0 amide bonds. The molecule has 0 atom stereocenters. The number of fused-ring (bicyclic) bond motifs is 1. The Labute approximate surface area is 145 Å². The maximum atomic E-state index is 12.4. The van der Waals surface area contributed by atoms with Crippen LogP contribution >= 0.6 is 0 Å². The molecule has 3 aromatic rings. The number of H-pyrrole nitrogens is 1. The summed E-state index contributed by atoms with van der Waals surface area (Å²) in [5.74, 6) is 0.725. The molecule has 0 radical (unpaired) electrons. The van der Waals surface area contributed by atoms with Crippen LogP contribution in [-0.2, 0) is 20.0 Å². The highest BCUT2D eigenvalue weighted by molar-refractivity contribution is 5.74. The highest BCUT2D eigenvalue weighted by atomic mass is 16.2. The van der Waals surface area contributed by atoms with Gasteiger partial charge in [0.2, 0.25) is 5.95 Å². The van der Waals surface area contributed by atoms with Crippen LogP contribution in [0, 0.1) is 0 Å². The first-order chi connectivity index (χ1) is 12.1. The zero-order chi connectivity index (χ0) is 18.0. The molecule has 0 aliphatic carbocycles. The monoisotopic (exact) mass is 341 g/mol. The normalized spacial score (nSPS) is 11.2. The van der Waals surface area contributed by atoms with Gasteiger partial charge >= 0.3 is 5.69 Å². The molecule has 25 heavy (non-hydrogen) atoms. The number of aromatic amines is 1. The van der Waals surface area contributed by atoms with Crippen molar-refractivity contribution in [2.75, 3.05) is 18.0 Å². The van der Waals surface area contributed by atoms with Gasteiger partial charge in [-0.15, -0.1) is 0 Å². The Kier molecular flexibility index (Phi) is 4.74. The average Bonchev–Trinajstić information content (AvgIpc) is 3.00. The molecule has 0 saturated heterocycles. The molecule has 0 aliphatic heterocycles. The van der Waals surface area contributed by atoms with E-state index in [1.165, 1.54) is 10.1 Å². The molecule has 3 rings (SSSR count). The fourth-order valence-corrected chi connectivity index (χ4v) is 3.07. The summed E-state index contributed by atoms with van der Waals surface area (Å²) in [5.41, 5.74) is 1.22. The minimum absolute atomic E-state index is 0.392. The largest absolute Gasteiger partial charge is 0.343 e. The quantitative estimate of drug-likeness (QED) is 0.737. The van der Waals surface area contributed by atoms with Gasteiger partial charge in [-0.05, 0) is 25.8 Å². The average molecular weight is 341 g/mol. The first kappa shape index (κ1) is 17.0. The molecule has 7 nitrogen and oxygen atoms in total. The lowest BCUT2D eigenvalue weighted by Crippen LogP contribution is -2.29. The number of rotatable bonds is 6. The minimum atomic E-state index is -0.448. The van der Waals surface area contributed by atoms with Crippen molar-refractivity contribution < 1.29 is 0 Å². The molecule has 2 heterocycles.